The number of nitrogens with zero attached hydrogens (tertiary/aromatic N) is 5. The molecule has 52 heavy (non-hydrogen) atoms. The normalized spacial score (nSPS) is 21.9. The molecule has 1 saturated heterocycles. The van der Waals surface area contributed by atoms with Gasteiger partial charge in [0.15, 0.2) is 19.7 Å². The van der Waals surface area contributed by atoms with E-state index in [4.69, 9.17) is 21.1 Å². The van der Waals surface area contributed by atoms with Crippen molar-refractivity contribution in [1.29, 1.82) is 0 Å². The van der Waals surface area contributed by atoms with Gasteiger partial charge >= 0.3 is 0 Å². The molecule has 2 aliphatic heterocycles. The third kappa shape index (κ3) is 6.28. The second-order valence-electron chi connectivity index (χ2n) is 14.2. The van der Waals surface area contributed by atoms with E-state index in [1.807, 2.05) is 92.9 Å². The molecule has 1 amide bonds. The Morgan fingerprint density at radius 2 is 1.79 bits per heavy atom. The van der Waals surface area contributed by atoms with Crippen LogP contribution in [-0.4, -0.2) is 63.5 Å². The van der Waals surface area contributed by atoms with Gasteiger partial charge in [-0.05, 0) is 73.1 Å². The average Bonchev–Trinajstić information content (AvgIpc) is 3.79. The summed E-state index contributed by atoms with van der Waals surface area (Å²) in [5.74, 6) is -0.616. The van der Waals surface area contributed by atoms with Gasteiger partial charge < -0.3 is 24.3 Å². The van der Waals surface area contributed by atoms with Crippen LogP contribution >= 0.6 is 11.6 Å². The van der Waals surface area contributed by atoms with E-state index in [-0.39, 0.29) is 47.7 Å². The maximum atomic E-state index is 14.8. The van der Waals surface area contributed by atoms with Gasteiger partial charge in [0.05, 0.1) is 43.7 Å². The smallest absolute Gasteiger partial charge is 0.297 e. The summed E-state index contributed by atoms with van der Waals surface area (Å²) in [5, 5.41) is 19.4. The quantitative estimate of drug-likeness (QED) is 0.166. The lowest BCUT2D eigenvalue weighted by Gasteiger charge is -2.32. The minimum Gasteiger partial charge on any atom is -0.491 e. The van der Waals surface area contributed by atoms with Gasteiger partial charge in [-0.1, -0.05) is 66.2 Å². The summed E-state index contributed by atoms with van der Waals surface area (Å²) < 4.78 is 15.4. The minimum absolute atomic E-state index is 0.103. The van der Waals surface area contributed by atoms with E-state index in [1.54, 1.807) is 34.0 Å². The molecule has 2 N–H and O–H groups in total. The van der Waals surface area contributed by atoms with Gasteiger partial charge in [0.2, 0.25) is 0 Å². The molecule has 2 aliphatic rings. The molecule has 1 unspecified atom stereocenters. The largest absolute Gasteiger partial charge is 0.491 e. The van der Waals surface area contributed by atoms with Crippen LogP contribution in [0.4, 0.5) is 5.69 Å². The van der Waals surface area contributed by atoms with Crippen molar-refractivity contribution in [1.82, 2.24) is 19.6 Å². The Morgan fingerprint density at radius 3 is 2.48 bits per heavy atom. The third-order valence-electron chi connectivity index (χ3n) is 10.6. The van der Waals surface area contributed by atoms with Gasteiger partial charge in [-0.2, -0.15) is 0 Å². The Kier molecular flexibility index (Phi) is 9.70. The molecule has 4 heterocycles. The Morgan fingerprint density at radius 1 is 1.04 bits per heavy atom. The van der Waals surface area contributed by atoms with Gasteiger partial charge in [-0.25, -0.2) is 0 Å². The number of methoxy groups -OCH3 is 1. The molecule has 1 spiro atoms. The molecule has 0 aliphatic carbocycles. The number of aryl methyl sites for hydroxylation is 1. The van der Waals surface area contributed by atoms with Crippen molar-refractivity contribution in [2.24, 2.45) is 5.92 Å². The Bertz CT molecular complexity index is 2140. The number of halogens is 1. The molecule has 13 heteroatoms. The van der Waals surface area contributed by atoms with E-state index < -0.39 is 20.0 Å². The number of benzene rings is 3. The van der Waals surface area contributed by atoms with E-state index in [1.165, 1.54) is 11.7 Å². The lowest BCUT2D eigenvalue weighted by molar-refractivity contribution is -0.146. The second-order valence-corrected chi connectivity index (χ2v) is 18.6. The monoisotopic (exact) mass is 739 g/mol. The highest BCUT2D eigenvalue weighted by Gasteiger charge is 2.66. The molecule has 7 rings (SSSR count). The summed E-state index contributed by atoms with van der Waals surface area (Å²) >= 11 is 6.59. The molecule has 1 fully saturated rings. The molecule has 270 valence electrons. The first kappa shape index (κ1) is 35.8. The number of carbonyl (C=O) groups excluding carboxylic acids is 1. The van der Waals surface area contributed by atoms with Gasteiger partial charge in [0.25, 0.3) is 11.5 Å². The summed E-state index contributed by atoms with van der Waals surface area (Å²) in [7, 11) is -1.44. The van der Waals surface area contributed by atoms with E-state index >= 15 is 0 Å². The number of fused-ring (bicyclic) bond motifs is 2. The molecule has 5 aromatic rings. The maximum Gasteiger partial charge on any atom is 0.297 e. The lowest BCUT2D eigenvalue weighted by Crippen LogP contribution is -2.46. The number of hydrogen-bond donors (Lipinski definition) is 2. The molecule has 0 bridgehead atoms. The predicted molar refractivity (Wildman–Crippen MR) is 200 cm³/mol. The zero-order valence-corrected chi connectivity index (χ0v) is 31.3. The molecule has 5 atom stereocenters. The van der Waals surface area contributed by atoms with Crippen LogP contribution < -0.4 is 15.2 Å². The molecule has 2 aromatic heterocycles. The molecular weight excluding hydrogens is 698 g/mol. The number of aromatic nitrogens is 4. The minimum atomic E-state index is -2.90. The first-order valence-electron chi connectivity index (χ1n) is 17.4. The standard InChI is InChI=1S/C39H42ClN5O6Si/c1-25-36(52(3,4)49)34(18-20-43-23-32(41-42-43)30(24-46)27-9-6-5-7-10-27)51-39(25)31-21-28(40)14-17-33(31)45(38(39)48)22-26-12-15-29(16-13-26)44-19-8-11-35(50-2)37(44)47/h5-17,19,21,23,25,30,34,36,46,49H,18,20,22,24H2,1-4H3/t25-,30?,34+,36-,39+/m1/s1. The molecule has 3 aromatic carbocycles. The van der Waals surface area contributed by atoms with Crippen LogP contribution in [0.15, 0.2) is 102 Å². The molecule has 0 saturated carbocycles. The number of pyridine rings is 1. The summed E-state index contributed by atoms with van der Waals surface area (Å²) in [6.07, 6.45) is 3.56. The zero-order valence-electron chi connectivity index (χ0n) is 29.5. The first-order chi connectivity index (χ1) is 25.0. The van der Waals surface area contributed by atoms with Gasteiger partial charge in [0.1, 0.15) is 0 Å². The molecular formula is C39H42ClN5O6Si. The van der Waals surface area contributed by atoms with Crippen LogP contribution in [0.3, 0.4) is 0 Å². The molecule has 0 radical (unpaired) electrons. The van der Waals surface area contributed by atoms with Crippen molar-refractivity contribution in [2.75, 3.05) is 18.6 Å². The highest BCUT2D eigenvalue weighted by Crippen LogP contribution is 2.60. The van der Waals surface area contributed by atoms with Crippen LogP contribution in [0, 0.1) is 5.92 Å². The summed E-state index contributed by atoms with van der Waals surface area (Å²) in [4.78, 5) is 41.1. The van der Waals surface area contributed by atoms with Crippen molar-refractivity contribution in [3.8, 4) is 11.4 Å². The van der Waals surface area contributed by atoms with Crippen molar-refractivity contribution in [3.05, 3.63) is 135 Å². The van der Waals surface area contributed by atoms with Gasteiger partial charge in [-0.15, -0.1) is 5.10 Å². The van der Waals surface area contributed by atoms with E-state index in [0.29, 0.717) is 40.6 Å². The topological polar surface area (TPSA) is 132 Å². The number of hydrogen-bond acceptors (Lipinski definition) is 8. The fraction of sp³-hybridized carbons (Fsp3) is 0.333. The Hall–Kier alpha value is -4.59. The number of rotatable bonds is 11. The summed E-state index contributed by atoms with van der Waals surface area (Å²) in [5.41, 5.74) is 2.66. The highest BCUT2D eigenvalue weighted by atomic mass is 35.5. The van der Waals surface area contributed by atoms with Crippen LogP contribution in [0.2, 0.25) is 23.7 Å². The number of ether oxygens (including phenoxy) is 2. The number of aliphatic hydroxyl groups is 1. The lowest BCUT2D eigenvalue weighted by atomic mass is 9.82. The second kappa shape index (κ2) is 14.1. The first-order valence-corrected chi connectivity index (χ1v) is 20.8. The number of amides is 1. The Labute approximate surface area is 308 Å². The molecule has 11 nitrogen and oxygen atoms in total. The maximum absolute atomic E-state index is 14.8. The summed E-state index contributed by atoms with van der Waals surface area (Å²) in [6, 6.07) is 26.0. The number of carbonyl (C=O) groups is 1. The fourth-order valence-electron chi connectivity index (χ4n) is 8.15. The van der Waals surface area contributed by atoms with Crippen molar-refractivity contribution in [2.45, 2.75) is 62.7 Å². The predicted octanol–water partition coefficient (Wildman–Crippen LogP) is 5.65. The van der Waals surface area contributed by atoms with Crippen LogP contribution in [0.25, 0.3) is 5.69 Å². The van der Waals surface area contributed by atoms with Crippen LogP contribution in [0.5, 0.6) is 5.75 Å². The summed E-state index contributed by atoms with van der Waals surface area (Å²) in [6.45, 7) is 6.40. The van der Waals surface area contributed by atoms with E-state index in [9.17, 15) is 19.5 Å². The SMILES string of the molecule is COc1cccn(-c2ccc(CN3C(=O)[C@@]4(O[C@@H](CCn5cc(C(CO)c6ccccc6)nn5)[C@H]([Si](C)(C)O)[C@H]4C)c4cc(Cl)ccc43)cc2)c1=O. The Balaban J connectivity index is 1.16. The average molecular weight is 740 g/mol. The van der Waals surface area contributed by atoms with Crippen LogP contribution in [-0.2, 0) is 28.2 Å². The highest BCUT2D eigenvalue weighted by molar-refractivity contribution is 6.71. The van der Waals surface area contributed by atoms with E-state index in [2.05, 4.69) is 10.3 Å². The number of aliphatic hydroxyl groups excluding tert-OH is 1. The van der Waals surface area contributed by atoms with Crippen molar-refractivity contribution < 1.29 is 24.2 Å². The van der Waals surface area contributed by atoms with Gasteiger partial charge in [0, 0.05) is 46.7 Å². The third-order valence-corrected chi connectivity index (χ3v) is 13.3. The van der Waals surface area contributed by atoms with Crippen molar-refractivity contribution >= 4 is 31.5 Å². The van der Waals surface area contributed by atoms with Gasteiger partial charge in [-0.3, -0.25) is 18.8 Å². The van der Waals surface area contributed by atoms with Crippen molar-refractivity contribution in [3.63, 3.8) is 0 Å². The van der Waals surface area contributed by atoms with E-state index in [0.717, 1.165) is 11.1 Å². The fourth-order valence-corrected chi connectivity index (χ4v) is 10.9. The number of anilines is 1. The zero-order chi connectivity index (χ0) is 36.8. The van der Waals surface area contributed by atoms with Crippen LogP contribution in [0.1, 0.15) is 41.6 Å².